The van der Waals surface area contributed by atoms with Gasteiger partial charge in [0.15, 0.2) is 11.5 Å². The molecule has 5 rings (SSSR count). The molecule has 0 aliphatic heterocycles. The van der Waals surface area contributed by atoms with Crippen molar-refractivity contribution in [2.45, 2.75) is 26.3 Å². The summed E-state index contributed by atoms with van der Waals surface area (Å²) in [5, 5.41) is 0. The van der Waals surface area contributed by atoms with E-state index in [0.29, 0.717) is 17.6 Å². The average Bonchev–Trinajstić information content (AvgIpc) is 3.31. The van der Waals surface area contributed by atoms with E-state index in [1.165, 1.54) is 6.33 Å². The SMILES string of the molecule is Cc1ccc(OP(=O)(O)OCC2CC(n3cnc4c(N)ncnc43)C2COP(=O)(O)Oc2ccc(C)cc2)cc1. The molecule has 0 saturated heterocycles. The zero-order valence-electron chi connectivity index (χ0n) is 21.7. The summed E-state index contributed by atoms with van der Waals surface area (Å²) in [4.78, 5) is 33.2. The van der Waals surface area contributed by atoms with Crippen LogP contribution in [0, 0.1) is 25.7 Å². The van der Waals surface area contributed by atoms with Crippen LogP contribution in [0.15, 0.2) is 61.2 Å². The minimum absolute atomic E-state index is 0.164. The van der Waals surface area contributed by atoms with Gasteiger partial charge in [-0.05, 0) is 50.5 Å². The number of hydrogen-bond donors (Lipinski definition) is 3. The largest absolute Gasteiger partial charge is 0.527 e. The van der Waals surface area contributed by atoms with Crippen molar-refractivity contribution in [2.75, 3.05) is 18.9 Å². The van der Waals surface area contributed by atoms with Gasteiger partial charge in [0.2, 0.25) is 0 Å². The third-order valence-corrected chi connectivity index (χ3v) is 8.59. The molecule has 0 radical (unpaired) electrons. The van der Waals surface area contributed by atoms with Crippen LogP contribution in [0.3, 0.4) is 0 Å². The minimum Gasteiger partial charge on any atom is -0.404 e. The fourth-order valence-corrected chi connectivity index (χ4v) is 6.16. The lowest BCUT2D eigenvalue weighted by Crippen LogP contribution is -2.43. The van der Waals surface area contributed by atoms with Gasteiger partial charge < -0.3 is 19.3 Å². The Morgan fingerprint density at radius 3 is 2.00 bits per heavy atom. The molecule has 1 saturated carbocycles. The van der Waals surface area contributed by atoms with Gasteiger partial charge in [0, 0.05) is 12.0 Å². The van der Waals surface area contributed by atoms with E-state index in [9.17, 15) is 18.9 Å². The molecule has 5 atom stereocenters. The molecular formula is C25H29N5O8P2. The summed E-state index contributed by atoms with van der Waals surface area (Å²) in [6, 6.07) is 13.0. The summed E-state index contributed by atoms with van der Waals surface area (Å²) in [6.45, 7) is 3.39. The van der Waals surface area contributed by atoms with E-state index in [-0.39, 0.29) is 42.5 Å². The molecule has 4 aromatic rings. The second-order valence-corrected chi connectivity index (χ2v) is 12.4. The topological polar surface area (TPSA) is 181 Å². The second kappa shape index (κ2) is 11.3. The van der Waals surface area contributed by atoms with Crippen molar-refractivity contribution < 1.29 is 37.0 Å². The van der Waals surface area contributed by atoms with Gasteiger partial charge in [0.05, 0.1) is 19.5 Å². The Labute approximate surface area is 230 Å². The fourth-order valence-electron chi connectivity index (χ4n) is 4.54. The maximum atomic E-state index is 12.7. The number of aryl methyl sites for hydroxylation is 2. The van der Waals surface area contributed by atoms with Crippen LogP contribution < -0.4 is 14.8 Å². The number of phosphoric ester groups is 2. The number of imidazole rings is 1. The molecule has 0 spiro atoms. The Kier molecular flexibility index (Phi) is 7.96. The number of hydrogen-bond acceptors (Lipinski definition) is 10. The van der Waals surface area contributed by atoms with Gasteiger partial charge >= 0.3 is 15.6 Å². The monoisotopic (exact) mass is 589 g/mol. The average molecular weight is 589 g/mol. The summed E-state index contributed by atoms with van der Waals surface area (Å²) in [5.41, 5.74) is 8.76. The molecule has 4 N–H and O–H groups in total. The number of phosphoric acid groups is 2. The van der Waals surface area contributed by atoms with Crippen LogP contribution in [0.2, 0.25) is 0 Å². The third kappa shape index (κ3) is 6.52. The first-order valence-electron chi connectivity index (χ1n) is 12.4. The molecular weight excluding hydrogens is 560 g/mol. The lowest BCUT2D eigenvalue weighted by molar-refractivity contribution is -0.00444. The summed E-state index contributed by atoms with van der Waals surface area (Å²) in [5.74, 6) is -0.169. The van der Waals surface area contributed by atoms with Crippen molar-refractivity contribution in [1.29, 1.82) is 0 Å². The number of anilines is 1. The number of nitrogens with zero attached hydrogens (tertiary/aromatic N) is 4. The fraction of sp³-hybridized carbons (Fsp3) is 0.320. The Morgan fingerprint density at radius 2 is 1.43 bits per heavy atom. The molecule has 2 aromatic carbocycles. The van der Waals surface area contributed by atoms with E-state index >= 15 is 0 Å². The molecule has 1 aliphatic carbocycles. The molecule has 212 valence electrons. The second-order valence-electron chi connectivity index (χ2n) is 9.65. The van der Waals surface area contributed by atoms with Crippen molar-refractivity contribution in [1.82, 2.24) is 19.5 Å². The molecule has 2 aromatic heterocycles. The molecule has 0 amide bonds. The van der Waals surface area contributed by atoms with E-state index in [1.807, 2.05) is 13.8 Å². The van der Waals surface area contributed by atoms with Crippen molar-refractivity contribution in [3.63, 3.8) is 0 Å². The van der Waals surface area contributed by atoms with Gasteiger partial charge in [0.1, 0.15) is 23.3 Å². The van der Waals surface area contributed by atoms with Crippen LogP contribution in [-0.2, 0) is 18.2 Å². The highest BCUT2D eigenvalue weighted by molar-refractivity contribution is 7.48. The quantitative estimate of drug-likeness (QED) is 0.207. The van der Waals surface area contributed by atoms with Crippen molar-refractivity contribution in [3.05, 3.63) is 72.3 Å². The van der Waals surface area contributed by atoms with Crippen LogP contribution in [0.4, 0.5) is 5.82 Å². The molecule has 1 aliphatic rings. The molecule has 1 fully saturated rings. The first-order valence-corrected chi connectivity index (χ1v) is 15.4. The van der Waals surface area contributed by atoms with Crippen LogP contribution in [-0.4, -0.2) is 42.5 Å². The van der Waals surface area contributed by atoms with Crippen LogP contribution in [0.1, 0.15) is 23.6 Å². The molecule has 15 heteroatoms. The van der Waals surface area contributed by atoms with Gasteiger partial charge in [-0.2, -0.15) is 0 Å². The number of nitrogen functional groups attached to an aromatic ring is 1. The number of nitrogens with two attached hydrogens (primary N) is 1. The van der Waals surface area contributed by atoms with E-state index in [0.717, 1.165) is 11.1 Å². The Bertz CT molecular complexity index is 1580. The van der Waals surface area contributed by atoms with Gasteiger partial charge in [-0.15, -0.1) is 0 Å². The summed E-state index contributed by atoms with van der Waals surface area (Å²) < 4.78 is 48.2. The minimum atomic E-state index is -4.49. The van der Waals surface area contributed by atoms with Crippen molar-refractivity contribution >= 4 is 32.6 Å². The van der Waals surface area contributed by atoms with E-state index < -0.39 is 21.6 Å². The summed E-state index contributed by atoms with van der Waals surface area (Å²) in [7, 11) is -8.93. The maximum Gasteiger partial charge on any atom is 0.527 e. The first kappa shape index (κ1) is 28.2. The third-order valence-electron chi connectivity index (χ3n) is 6.75. The molecule has 40 heavy (non-hydrogen) atoms. The molecule has 0 bridgehead atoms. The molecule has 5 unspecified atom stereocenters. The molecule has 13 nitrogen and oxygen atoms in total. The van der Waals surface area contributed by atoms with Crippen molar-refractivity contribution in [2.24, 2.45) is 11.8 Å². The van der Waals surface area contributed by atoms with Gasteiger partial charge in [-0.1, -0.05) is 35.4 Å². The van der Waals surface area contributed by atoms with Gasteiger partial charge in [-0.3, -0.25) is 18.8 Å². The smallest absolute Gasteiger partial charge is 0.404 e. The zero-order valence-corrected chi connectivity index (χ0v) is 23.5. The van der Waals surface area contributed by atoms with E-state index in [1.54, 1.807) is 59.4 Å². The van der Waals surface area contributed by atoms with Crippen LogP contribution >= 0.6 is 15.6 Å². The highest BCUT2D eigenvalue weighted by Gasteiger charge is 2.45. The predicted octanol–water partition coefficient (Wildman–Crippen LogP) is 4.59. The first-order chi connectivity index (χ1) is 19.0. The number of benzene rings is 2. The lowest BCUT2D eigenvalue weighted by Gasteiger charge is -2.45. The summed E-state index contributed by atoms with van der Waals surface area (Å²) >= 11 is 0. The van der Waals surface area contributed by atoms with E-state index in [4.69, 9.17) is 23.8 Å². The number of fused-ring (bicyclic) bond motifs is 1. The Balaban J connectivity index is 1.30. The number of rotatable bonds is 11. The Morgan fingerprint density at radius 1 is 0.875 bits per heavy atom. The molecule has 2 heterocycles. The standard InChI is InChI=1S/C25H29N5O8P2/c1-16-3-7-19(8-4-16)37-39(31,32)35-12-18-11-22(30-15-29-23-24(26)27-14-28-25(23)30)21(18)13-36-40(33,34)38-20-9-5-17(2)6-10-20/h3-10,14-15,18,21-22H,11-13H2,1-2H3,(H,31,32)(H,33,34)(H2,26,27,28). The zero-order chi connectivity index (χ0) is 28.5. The Hall–Kier alpha value is -3.31. The van der Waals surface area contributed by atoms with Crippen LogP contribution in [0.5, 0.6) is 11.5 Å². The van der Waals surface area contributed by atoms with Crippen molar-refractivity contribution in [3.8, 4) is 11.5 Å². The predicted molar refractivity (Wildman–Crippen MR) is 146 cm³/mol. The highest BCUT2D eigenvalue weighted by Crippen LogP contribution is 2.52. The van der Waals surface area contributed by atoms with Gasteiger partial charge in [0.25, 0.3) is 0 Å². The maximum absolute atomic E-state index is 12.7. The normalized spacial score (nSPS) is 21.8. The van der Waals surface area contributed by atoms with Gasteiger partial charge in [-0.25, -0.2) is 24.1 Å². The highest BCUT2D eigenvalue weighted by atomic mass is 31.2. The lowest BCUT2D eigenvalue weighted by atomic mass is 9.70. The van der Waals surface area contributed by atoms with Crippen LogP contribution in [0.25, 0.3) is 11.2 Å². The van der Waals surface area contributed by atoms with E-state index in [2.05, 4.69) is 15.0 Å². The number of aromatic nitrogens is 4. The summed E-state index contributed by atoms with van der Waals surface area (Å²) in [6.07, 6.45) is 3.36.